The summed E-state index contributed by atoms with van der Waals surface area (Å²) in [5.41, 5.74) is 0.464. The second-order valence-electron chi connectivity index (χ2n) is 3.82. The molecule has 0 aliphatic rings. The third kappa shape index (κ3) is 3.13. The molecule has 2 N–H and O–H groups in total. The van der Waals surface area contributed by atoms with Crippen molar-refractivity contribution in [1.82, 2.24) is 14.9 Å². The molecular formula is C11H13N3O5S. The Morgan fingerprint density at radius 2 is 2.25 bits per heavy atom. The van der Waals surface area contributed by atoms with Gasteiger partial charge in [0, 0.05) is 0 Å². The number of nitrogens with zero attached hydrogens (tertiary/aromatic N) is 2. The van der Waals surface area contributed by atoms with Crippen molar-refractivity contribution < 1.29 is 22.8 Å². The first-order valence-electron chi connectivity index (χ1n) is 5.59. The van der Waals surface area contributed by atoms with Crippen LogP contribution in [-0.4, -0.2) is 30.8 Å². The van der Waals surface area contributed by atoms with E-state index in [1.807, 2.05) is 0 Å². The maximum atomic E-state index is 12.2. The molecule has 8 nitrogen and oxygen atoms in total. The Morgan fingerprint density at radius 1 is 1.45 bits per heavy atom. The molecule has 0 saturated carbocycles. The molecule has 2 aromatic rings. The first-order valence-corrected chi connectivity index (χ1v) is 7.08. The van der Waals surface area contributed by atoms with E-state index in [0.717, 1.165) is 6.39 Å². The summed E-state index contributed by atoms with van der Waals surface area (Å²) in [4.78, 5) is 3.65. The van der Waals surface area contributed by atoms with Crippen molar-refractivity contribution in [2.24, 2.45) is 0 Å². The van der Waals surface area contributed by atoms with Crippen molar-refractivity contribution in [3.8, 4) is 5.75 Å². The van der Waals surface area contributed by atoms with E-state index in [1.54, 1.807) is 6.07 Å². The van der Waals surface area contributed by atoms with Crippen LogP contribution in [-0.2, 0) is 23.2 Å². The van der Waals surface area contributed by atoms with Gasteiger partial charge in [0.05, 0.1) is 20.3 Å². The van der Waals surface area contributed by atoms with Crippen LogP contribution in [0.3, 0.4) is 0 Å². The van der Waals surface area contributed by atoms with Crippen LogP contribution in [0.2, 0.25) is 0 Å². The molecule has 0 spiro atoms. The van der Waals surface area contributed by atoms with E-state index < -0.39 is 10.0 Å². The number of hydrogen-bond acceptors (Lipinski definition) is 7. The van der Waals surface area contributed by atoms with Crippen molar-refractivity contribution in [1.29, 1.82) is 0 Å². The van der Waals surface area contributed by atoms with Crippen molar-refractivity contribution in [2.75, 3.05) is 7.11 Å². The van der Waals surface area contributed by atoms with Gasteiger partial charge in [0.15, 0.2) is 5.82 Å². The number of methoxy groups -OCH3 is 1. The predicted molar refractivity (Wildman–Crippen MR) is 67.2 cm³/mol. The molecule has 1 aromatic carbocycles. The monoisotopic (exact) mass is 299 g/mol. The first kappa shape index (κ1) is 14.4. The van der Waals surface area contributed by atoms with E-state index in [0.29, 0.717) is 5.56 Å². The molecule has 0 aliphatic carbocycles. The van der Waals surface area contributed by atoms with Gasteiger partial charge in [0.1, 0.15) is 10.6 Å². The Kier molecular flexibility index (Phi) is 4.32. The van der Waals surface area contributed by atoms with Crippen LogP contribution in [0.5, 0.6) is 5.75 Å². The number of sulfonamides is 1. The predicted octanol–water partition coefficient (Wildman–Crippen LogP) is 0.0490. The summed E-state index contributed by atoms with van der Waals surface area (Å²) in [5, 5.41) is 12.6. The van der Waals surface area contributed by atoms with Gasteiger partial charge in [-0.05, 0) is 17.7 Å². The lowest BCUT2D eigenvalue weighted by atomic mass is 10.2. The molecule has 1 aromatic heterocycles. The molecule has 1 heterocycles. The Labute approximate surface area is 115 Å². The smallest absolute Gasteiger partial charge is 0.244 e. The second-order valence-corrected chi connectivity index (χ2v) is 5.55. The molecule has 0 bridgehead atoms. The van der Waals surface area contributed by atoms with Crippen LogP contribution in [0.1, 0.15) is 11.4 Å². The quantitative estimate of drug-likeness (QED) is 0.774. The molecule has 0 aliphatic heterocycles. The molecule has 108 valence electrons. The highest BCUT2D eigenvalue weighted by Gasteiger charge is 2.20. The topological polar surface area (TPSA) is 115 Å². The summed E-state index contributed by atoms with van der Waals surface area (Å²) in [6, 6.07) is 4.41. The summed E-state index contributed by atoms with van der Waals surface area (Å²) in [5.74, 6) is 0.397. The van der Waals surface area contributed by atoms with Crippen LogP contribution < -0.4 is 9.46 Å². The fraction of sp³-hybridized carbons (Fsp3) is 0.273. The normalized spacial score (nSPS) is 11.5. The zero-order valence-corrected chi connectivity index (χ0v) is 11.4. The Bertz CT molecular complexity index is 669. The average Bonchev–Trinajstić information content (AvgIpc) is 2.98. The van der Waals surface area contributed by atoms with Crippen LogP contribution in [0.15, 0.2) is 34.0 Å². The highest BCUT2D eigenvalue weighted by atomic mass is 32.2. The van der Waals surface area contributed by atoms with Crippen molar-refractivity contribution in [2.45, 2.75) is 18.0 Å². The highest BCUT2D eigenvalue weighted by Crippen LogP contribution is 2.24. The van der Waals surface area contributed by atoms with E-state index in [1.165, 1.54) is 19.2 Å². The van der Waals surface area contributed by atoms with Crippen LogP contribution in [0, 0.1) is 0 Å². The van der Waals surface area contributed by atoms with Crippen molar-refractivity contribution in [3.63, 3.8) is 0 Å². The van der Waals surface area contributed by atoms with Gasteiger partial charge in [-0.1, -0.05) is 11.2 Å². The fourth-order valence-corrected chi connectivity index (χ4v) is 2.73. The Hall–Kier alpha value is -1.97. The summed E-state index contributed by atoms with van der Waals surface area (Å²) in [7, 11) is -2.45. The number of hydrogen-bond donors (Lipinski definition) is 2. The molecular weight excluding hydrogens is 286 g/mol. The van der Waals surface area contributed by atoms with Gasteiger partial charge in [-0.2, -0.15) is 4.98 Å². The minimum absolute atomic E-state index is 0.0601. The summed E-state index contributed by atoms with van der Waals surface area (Å²) in [6.45, 7) is -0.372. The van der Waals surface area contributed by atoms with Gasteiger partial charge in [-0.3, -0.25) is 0 Å². The third-order valence-corrected chi connectivity index (χ3v) is 3.95. The number of benzene rings is 1. The third-order valence-electron chi connectivity index (χ3n) is 2.53. The van der Waals surface area contributed by atoms with Gasteiger partial charge in [0.25, 0.3) is 0 Å². The number of ether oxygens (including phenoxy) is 1. The lowest BCUT2D eigenvalue weighted by Crippen LogP contribution is -2.24. The molecule has 2 rings (SSSR count). The summed E-state index contributed by atoms with van der Waals surface area (Å²) in [6.07, 6.45) is 1.11. The Balaban J connectivity index is 2.28. The van der Waals surface area contributed by atoms with Gasteiger partial charge in [0.2, 0.25) is 16.4 Å². The van der Waals surface area contributed by atoms with Gasteiger partial charge >= 0.3 is 0 Å². The fourth-order valence-electron chi connectivity index (χ4n) is 1.54. The number of aliphatic hydroxyl groups excluding tert-OH is 1. The van der Waals surface area contributed by atoms with E-state index >= 15 is 0 Å². The molecule has 0 unspecified atom stereocenters. The van der Waals surface area contributed by atoms with E-state index in [4.69, 9.17) is 9.84 Å². The maximum Gasteiger partial charge on any atom is 0.244 e. The maximum absolute atomic E-state index is 12.2. The van der Waals surface area contributed by atoms with Crippen LogP contribution in [0.25, 0.3) is 0 Å². The van der Waals surface area contributed by atoms with Gasteiger partial charge < -0.3 is 14.4 Å². The highest BCUT2D eigenvalue weighted by molar-refractivity contribution is 7.89. The molecule has 0 radical (unpaired) electrons. The lowest BCUT2D eigenvalue weighted by Gasteiger charge is -2.11. The molecule has 20 heavy (non-hydrogen) atoms. The minimum atomic E-state index is -3.82. The van der Waals surface area contributed by atoms with E-state index in [2.05, 4.69) is 19.4 Å². The van der Waals surface area contributed by atoms with Crippen LogP contribution in [0.4, 0.5) is 0 Å². The first-order chi connectivity index (χ1) is 9.56. The number of nitrogens with one attached hydrogen (secondary N) is 1. The summed E-state index contributed by atoms with van der Waals surface area (Å²) >= 11 is 0. The van der Waals surface area contributed by atoms with Crippen molar-refractivity contribution in [3.05, 3.63) is 36.0 Å². The minimum Gasteiger partial charge on any atom is -0.495 e. The molecule has 0 amide bonds. The number of aliphatic hydroxyl groups is 1. The number of rotatable bonds is 6. The van der Waals surface area contributed by atoms with E-state index in [-0.39, 0.29) is 29.6 Å². The molecule has 9 heteroatoms. The van der Waals surface area contributed by atoms with Gasteiger partial charge in [-0.15, -0.1) is 0 Å². The van der Waals surface area contributed by atoms with Gasteiger partial charge in [-0.25, -0.2) is 13.1 Å². The van der Waals surface area contributed by atoms with E-state index in [9.17, 15) is 8.42 Å². The largest absolute Gasteiger partial charge is 0.495 e. The zero-order valence-electron chi connectivity index (χ0n) is 10.6. The summed E-state index contributed by atoms with van der Waals surface area (Å²) < 4.78 is 36.3. The molecule has 0 atom stereocenters. The van der Waals surface area contributed by atoms with Crippen LogP contribution >= 0.6 is 0 Å². The zero-order chi connectivity index (χ0) is 14.6. The Morgan fingerprint density at radius 3 is 2.85 bits per heavy atom. The lowest BCUT2D eigenvalue weighted by molar-refractivity contribution is 0.281. The standard InChI is InChI=1S/C11H13N3O5S/c1-18-9-3-2-8(6-15)4-10(9)20(16,17)13-5-11-12-7-19-14-11/h2-4,7,13,15H,5-6H2,1H3. The number of aromatic nitrogens is 2. The average molecular weight is 299 g/mol. The second kappa shape index (κ2) is 5.99. The molecule has 0 fully saturated rings. The van der Waals surface area contributed by atoms with Crippen molar-refractivity contribution >= 4 is 10.0 Å². The SMILES string of the molecule is COc1ccc(CO)cc1S(=O)(=O)NCc1ncon1. The molecule has 0 saturated heterocycles.